The van der Waals surface area contributed by atoms with Gasteiger partial charge in [0.2, 0.25) is 0 Å². The van der Waals surface area contributed by atoms with Crippen LogP contribution in [0.2, 0.25) is 0 Å². The first kappa shape index (κ1) is 7.03. The van der Waals surface area contributed by atoms with E-state index in [1.54, 1.807) is 7.11 Å². The van der Waals surface area contributed by atoms with Crippen LogP contribution in [0, 0.1) is 11.8 Å². The molecule has 0 unspecified atom stereocenters. The molecule has 54 valence electrons. The lowest BCUT2D eigenvalue weighted by molar-refractivity contribution is 0.109. The minimum absolute atomic E-state index is 0.733. The van der Waals surface area contributed by atoms with Crippen LogP contribution in [0.25, 0.3) is 0 Å². The van der Waals surface area contributed by atoms with Gasteiger partial charge >= 0.3 is 0 Å². The molecule has 0 saturated carbocycles. The summed E-state index contributed by atoms with van der Waals surface area (Å²) in [6.45, 7) is 5.52. The van der Waals surface area contributed by atoms with Crippen molar-refractivity contribution in [1.82, 2.24) is 5.32 Å². The highest BCUT2D eigenvalue weighted by Gasteiger charge is 2.22. The second-order valence-electron chi connectivity index (χ2n) is 2.85. The Hall–Kier alpha value is -0.0800. The Kier molecular flexibility index (Phi) is 2.49. The van der Waals surface area contributed by atoms with E-state index in [-0.39, 0.29) is 0 Å². The summed E-state index contributed by atoms with van der Waals surface area (Å²) in [7, 11) is 1.77. The van der Waals surface area contributed by atoms with Gasteiger partial charge in [-0.2, -0.15) is 0 Å². The summed E-state index contributed by atoms with van der Waals surface area (Å²) in [5.74, 6) is 1.60. The Balaban J connectivity index is 2.08. The van der Waals surface area contributed by atoms with E-state index in [0.29, 0.717) is 0 Å². The lowest BCUT2D eigenvalue weighted by Crippen LogP contribution is -2.46. The largest absolute Gasteiger partial charge is 0.384 e. The summed E-state index contributed by atoms with van der Waals surface area (Å²) in [5, 5.41) is 3.24. The lowest BCUT2D eigenvalue weighted by Gasteiger charge is -2.32. The van der Waals surface area contributed by atoms with Crippen LogP contribution in [0.4, 0.5) is 0 Å². The molecule has 9 heavy (non-hydrogen) atoms. The number of nitrogens with one attached hydrogen (secondary N) is 1. The zero-order valence-electron chi connectivity index (χ0n) is 6.18. The van der Waals surface area contributed by atoms with Crippen molar-refractivity contribution in [2.45, 2.75) is 6.92 Å². The number of rotatable bonds is 3. The molecule has 2 heteroatoms. The molecule has 1 atom stereocenters. The van der Waals surface area contributed by atoms with Crippen molar-refractivity contribution < 1.29 is 4.74 Å². The Morgan fingerprint density at radius 2 is 2.33 bits per heavy atom. The first-order valence-corrected chi connectivity index (χ1v) is 3.54. The molecule has 1 heterocycles. The fourth-order valence-corrected chi connectivity index (χ4v) is 1.11. The quantitative estimate of drug-likeness (QED) is 0.598. The molecule has 1 fully saturated rings. The topological polar surface area (TPSA) is 21.3 Å². The van der Waals surface area contributed by atoms with Gasteiger partial charge in [-0.1, -0.05) is 6.92 Å². The average molecular weight is 129 g/mol. The van der Waals surface area contributed by atoms with E-state index >= 15 is 0 Å². The van der Waals surface area contributed by atoms with Crippen molar-refractivity contribution in [2.75, 3.05) is 26.8 Å². The molecule has 0 aromatic carbocycles. The van der Waals surface area contributed by atoms with Gasteiger partial charge in [-0.25, -0.2) is 0 Å². The van der Waals surface area contributed by atoms with E-state index in [1.165, 1.54) is 13.1 Å². The fourth-order valence-electron chi connectivity index (χ4n) is 1.11. The van der Waals surface area contributed by atoms with Gasteiger partial charge in [0, 0.05) is 13.7 Å². The zero-order chi connectivity index (χ0) is 6.69. The Bertz CT molecular complexity index is 81.0. The van der Waals surface area contributed by atoms with Gasteiger partial charge in [-0.3, -0.25) is 0 Å². The van der Waals surface area contributed by atoms with Crippen LogP contribution in [-0.4, -0.2) is 26.8 Å². The zero-order valence-corrected chi connectivity index (χ0v) is 6.18. The van der Waals surface area contributed by atoms with Crippen molar-refractivity contribution in [3.05, 3.63) is 0 Å². The van der Waals surface area contributed by atoms with E-state index < -0.39 is 0 Å². The molecule has 1 N–H and O–H groups in total. The third-order valence-electron chi connectivity index (χ3n) is 2.05. The molecule has 0 bridgehead atoms. The normalized spacial score (nSPS) is 23.3. The summed E-state index contributed by atoms with van der Waals surface area (Å²) in [4.78, 5) is 0. The SMILES string of the molecule is COC[C@H](C)C1CNC1. The summed E-state index contributed by atoms with van der Waals surface area (Å²) in [6.07, 6.45) is 0. The molecule has 1 saturated heterocycles. The molecule has 0 aromatic heterocycles. The maximum Gasteiger partial charge on any atom is 0.0491 e. The summed E-state index contributed by atoms with van der Waals surface area (Å²) in [5.41, 5.74) is 0. The van der Waals surface area contributed by atoms with Crippen LogP contribution in [0.1, 0.15) is 6.92 Å². The third kappa shape index (κ3) is 1.66. The molecule has 1 aliphatic rings. The predicted octanol–water partition coefficient (Wildman–Crippen LogP) is 0.488. The fraction of sp³-hybridized carbons (Fsp3) is 1.00. The van der Waals surface area contributed by atoms with E-state index in [9.17, 15) is 0 Å². The second kappa shape index (κ2) is 3.18. The highest BCUT2D eigenvalue weighted by molar-refractivity contribution is 4.78. The van der Waals surface area contributed by atoms with E-state index in [0.717, 1.165) is 18.4 Å². The molecule has 1 rings (SSSR count). The maximum atomic E-state index is 5.03. The number of hydrogen-bond donors (Lipinski definition) is 1. The van der Waals surface area contributed by atoms with Gasteiger partial charge in [0.05, 0.1) is 0 Å². The Morgan fingerprint density at radius 1 is 1.67 bits per heavy atom. The van der Waals surface area contributed by atoms with Crippen LogP contribution in [0.3, 0.4) is 0 Å². The summed E-state index contributed by atoms with van der Waals surface area (Å²) < 4.78 is 5.03. The van der Waals surface area contributed by atoms with Crippen LogP contribution < -0.4 is 5.32 Å². The first-order valence-electron chi connectivity index (χ1n) is 3.54. The standard InChI is InChI=1S/C7H15NO/c1-6(5-9-2)7-3-8-4-7/h6-8H,3-5H2,1-2H3/t6-/m0/s1. The monoisotopic (exact) mass is 129 g/mol. The van der Waals surface area contributed by atoms with Crippen LogP contribution in [0.5, 0.6) is 0 Å². The third-order valence-corrected chi connectivity index (χ3v) is 2.05. The molecule has 2 nitrogen and oxygen atoms in total. The van der Waals surface area contributed by atoms with E-state index in [1.807, 2.05) is 0 Å². The van der Waals surface area contributed by atoms with Gasteiger partial charge < -0.3 is 10.1 Å². The second-order valence-corrected chi connectivity index (χ2v) is 2.85. The molecule has 0 amide bonds. The van der Waals surface area contributed by atoms with E-state index in [2.05, 4.69) is 12.2 Å². The minimum Gasteiger partial charge on any atom is -0.384 e. The van der Waals surface area contributed by atoms with Gasteiger partial charge in [-0.05, 0) is 24.9 Å². The van der Waals surface area contributed by atoms with Gasteiger partial charge in [-0.15, -0.1) is 0 Å². The van der Waals surface area contributed by atoms with E-state index in [4.69, 9.17) is 4.74 Å². The lowest BCUT2D eigenvalue weighted by atomic mass is 9.90. The molecule has 0 spiro atoms. The highest BCUT2D eigenvalue weighted by Crippen LogP contribution is 2.15. The van der Waals surface area contributed by atoms with Crippen LogP contribution in [-0.2, 0) is 4.74 Å². The van der Waals surface area contributed by atoms with Crippen molar-refractivity contribution >= 4 is 0 Å². The van der Waals surface area contributed by atoms with Gasteiger partial charge in [0.25, 0.3) is 0 Å². The van der Waals surface area contributed by atoms with Gasteiger partial charge in [0.15, 0.2) is 0 Å². The molecule has 0 aromatic rings. The smallest absolute Gasteiger partial charge is 0.0491 e. The van der Waals surface area contributed by atoms with Crippen LogP contribution in [0.15, 0.2) is 0 Å². The first-order chi connectivity index (χ1) is 4.34. The number of ether oxygens (including phenoxy) is 1. The molecule has 0 aliphatic carbocycles. The summed E-state index contributed by atoms with van der Waals surface area (Å²) in [6, 6.07) is 0. The minimum atomic E-state index is 0.733. The predicted molar refractivity (Wildman–Crippen MR) is 37.4 cm³/mol. The number of hydrogen-bond acceptors (Lipinski definition) is 2. The van der Waals surface area contributed by atoms with Crippen molar-refractivity contribution in [1.29, 1.82) is 0 Å². The Morgan fingerprint density at radius 3 is 2.67 bits per heavy atom. The summed E-state index contributed by atoms with van der Waals surface area (Å²) >= 11 is 0. The number of methoxy groups -OCH3 is 1. The Labute approximate surface area is 56.6 Å². The van der Waals surface area contributed by atoms with Crippen molar-refractivity contribution in [3.8, 4) is 0 Å². The molecular formula is C7H15NO. The van der Waals surface area contributed by atoms with Crippen molar-refractivity contribution in [3.63, 3.8) is 0 Å². The molecule has 0 radical (unpaired) electrons. The maximum absolute atomic E-state index is 5.03. The molecular weight excluding hydrogens is 114 g/mol. The highest BCUT2D eigenvalue weighted by atomic mass is 16.5. The van der Waals surface area contributed by atoms with Crippen LogP contribution >= 0.6 is 0 Å². The molecule has 1 aliphatic heterocycles. The van der Waals surface area contributed by atoms with Gasteiger partial charge in [0.1, 0.15) is 0 Å². The average Bonchev–Trinajstić information content (AvgIpc) is 1.60. The van der Waals surface area contributed by atoms with Crippen molar-refractivity contribution in [2.24, 2.45) is 11.8 Å².